The molecule has 1 aliphatic heterocycles. The highest BCUT2D eigenvalue weighted by atomic mass is 16.7. The predicted molar refractivity (Wildman–Crippen MR) is 123 cm³/mol. The standard InChI is InChI=1S/C23H25N5O8/c1-11(30)33-9-16-19(34-12(2)31)20(35-13(3)32)22(36-16)28-10-25-18-17(26-23(24)27-21(18)28)15-6-4-14(8-29)5-7-15/h4-7,10,16,19-20,22,29H,8-9H2,1-3H3,(H2,24,26,27)/t16-,19-,20-,22-/m1/s1. The second-order valence-corrected chi connectivity index (χ2v) is 8.13. The van der Waals surface area contributed by atoms with Gasteiger partial charge in [0.1, 0.15) is 23.9 Å². The number of esters is 3. The van der Waals surface area contributed by atoms with Gasteiger partial charge in [0, 0.05) is 26.3 Å². The van der Waals surface area contributed by atoms with E-state index in [9.17, 15) is 19.5 Å². The van der Waals surface area contributed by atoms with Crippen molar-refractivity contribution in [1.82, 2.24) is 19.5 Å². The van der Waals surface area contributed by atoms with Gasteiger partial charge in [0.25, 0.3) is 0 Å². The largest absolute Gasteiger partial charge is 0.463 e. The topological polar surface area (TPSA) is 178 Å². The normalized spacial score (nSPS) is 21.3. The number of rotatable bonds is 7. The van der Waals surface area contributed by atoms with Crippen LogP contribution in [0.3, 0.4) is 0 Å². The van der Waals surface area contributed by atoms with Crippen molar-refractivity contribution in [3.8, 4) is 11.3 Å². The van der Waals surface area contributed by atoms with Gasteiger partial charge < -0.3 is 29.8 Å². The molecular weight excluding hydrogens is 474 g/mol. The van der Waals surface area contributed by atoms with Crippen LogP contribution in [0.2, 0.25) is 0 Å². The van der Waals surface area contributed by atoms with Crippen molar-refractivity contribution in [3.05, 3.63) is 36.2 Å². The summed E-state index contributed by atoms with van der Waals surface area (Å²) in [6.07, 6.45) is -2.73. The number of hydrogen-bond acceptors (Lipinski definition) is 12. The van der Waals surface area contributed by atoms with Gasteiger partial charge in [-0.3, -0.25) is 19.0 Å². The average Bonchev–Trinajstić information content (AvgIpc) is 3.38. The Morgan fingerprint density at radius 2 is 1.69 bits per heavy atom. The van der Waals surface area contributed by atoms with Gasteiger partial charge in [-0.25, -0.2) is 9.97 Å². The molecule has 0 spiro atoms. The second kappa shape index (κ2) is 10.3. The van der Waals surface area contributed by atoms with Crippen molar-refractivity contribution in [1.29, 1.82) is 0 Å². The number of anilines is 1. The quantitative estimate of drug-likeness (QED) is 0.347. The average molecular weight is 499 g/mol. The van der Waals surface area contributed by atoms with Gasteiger partial charge in [-0.15, -0.1) is 0 Å². The SMILES string of the molecule is CC(=O)OC[C@H]1O[C@@H](n2cnc3c(-c4ccc(CO)cc4)nc(N)nc32)[C@H](OC(C)=O)[C@@H]1OC(C)=O. The first-order valence-corrected chi connectivity index (χ1v) is 11.0. The molecule has 190 valence electrons. The second-order valence-electron chi connectivity index (χ2n) is 8.13. The van der Waals surface area contributed by atoms with Crippen molar-refractivity contribution < 1.29 is 38.4 Å². The summed E-state index contributed by atoms with van der Waals surface area (Å²) in [5, 5.41) is 9.32. The molecule has 0 amide bonds. The van der Waals surface area contributed by atoms with E-state index in [1.165, 1.54) is 31.7 Å². The van der Waals surface area contributed by atoms with Crippen LogP contribution in [-0.4, -0.2) is 67.5 Å². The van der Waals surface area contributed by atoms with Gasteiger partial charge in [0.15, 0.2) is 24.1 Å². The first kappa shape index (κ1) is 25.0. The Balaban J connectivity index is 1.79. The summed E-state index contributed by atoms with van der Waals surface area (Å²) in [7, 11) is 0. The number of hydrogen-bond donors (Lipinski definition) is 2. The molecule has 0 saturated carbocycles. The molecule has 13 heteroatoms. The van der Waals surface area contributed by atoms with E-state index >= 15 is 0 Å². The fraction of sp³-hybridized carbons (Fsp3) is 0.391. The molecule has 36 heavy (non-hydrogen) atoms. The Bertz CT molecular complexity index is 1290. The van der Waals surface area contributed by atoms with Crippen LogP contribution in [-0.2, 0) is 39.9 Å². The maximum atomic E-state index is 11.9. The zero-order valence-electron chi connectivity index (χ0n) is 19.8. The van der Waals surface area contributed by atoms with Gasteiger partial charge >= 0.3 is 17.9 Å². The van der Waals surface area contributed by atoms with Crippen LogP contribution in [0.25, 0.3) is 22.4 Å². The van der Waals surface area contributed by atoms with Gasteiger partial charge in [0.2, 0.25) is 5.95 Å². The number of aliphatic hydroxyl groups is 1. The molecule has 4 rings (SSSR count). The summed E-state index contributed by atoms with van der Waals surface area (Å²) in [5.41, 5.74) is 8.52. The summed E-state index contributed by atoms with van der Waals surface area (Å²) in [6, 6.07) is 7.03. The summed E-state index contributed by atoms with van der Waals surface area (Å²) >= 11 is 0. The minimum Gasteiger partial charge on any atom is -0.463 e. The maximum absolute atomic E-state index is 11.9. The van der Waals surface area contributed by atoms with Gasteiger partial charge in [-0.05, 0) is 5.56 Å². The maximum Gasteiger partial charge on any atom is 0.303 e. The number of benzene rings is 1. The molecule has 0 bridgehead atoms. The molecule has 13 nitrogen and oxygen atoms in total. The number of nitrogen functional groups attached to an aromatic ring is 1. The number of nitrogens with zero attached hydrogens (tertiary/aromatic N) is 4. The van der Waals surface area contributed by atoms with E-state index in [0.29, 0.717) is 16.8 Å². The number of carbonyl (C=O) groups is 3. The molecule has 2 aromatic heterocycles. The molecule has 4 atom stereocenters. The van der Waals surface area contributed by atoms with Crippen molar-refractivity contribution in [2.75, 3.05) is 12.3 Å². The minimum absolute atomic E-state index is 0.0412. The number of aliphatic hydroxyl groups excluding tert-OH is 1. The van der Waals surface area contributed by atoms with Crippen LogP contribution in [0.15, 0.2) is 30.6 Å². The number of nitrogens with two attached hydrogens (primary N) is 1. The lowest BCUT2D eigenvalue weighted by molar-refractivity contribution is -0.166. The molecule has 1 aromatic carbocycles. The summed E-state index contributed by atoms with van der Waals surface area (Å²) in [6.45, 7) is 3.30. The van der Waals surface area contributed by atoms with Crippen molar-refractivity contribution in [2.24, 2.45) is 0 Å². The number of aromatic nitrogens is 4. The first-order chi connectivity index (χ1) is 17.2. The Hall–Kier alpha value is -4.10. The van der Waals surface area contributed by atoms with Crippen LogP contribution >= 0.6 is 0 Å². The lowest BCUT2D eigenvalue weighted by Gasteiger charge is -2.23. The van der Waals surface area contributed by atoms with E-state index in [1.807, 2.05) is 0 Å². The molecule has 0 unspecified atom stereocenters. The smallest absolute Gasteiger partial charge is 0.303 e. The fourth-order valence-corrected chi connectivity index (χ4v) is 4.01. The minimum atomic E-state index is -1.10. The molecule has 0 aliphatic carbocycles. The summed E-state index contributed by atoms with van der Waals surface area (Å²) in [5.74, 6) is -1.87. The first-order valence-electron chi connectivity index (χ1n) is 11.0. The number of fused-ring (bicyclic) bond motifs is 1. The molecule has 1 saturated heterocycles. The van der Waals surface area contributed by atoms with E-state index in [0.717, 1.165) is 5.56 Å². The third-order valence-electron chi connectivity index (χ3n) is 5.46. The van der Waals surface area contributed by atoms with Crippen LogP contribution < -0.4 is 5.73 Å². The highest BCUT2D eigenvalue weighted by Gasteiger charge is 2.51. The van der Waals surface area contributed by atoms with Crippen LogP contribution in [0.1, 0.15) is 32.6 Å². The zero-order valence-corrected chi connectivity index (χ0v) is 19.8. The Morgan fingerprint density at radius 3 is 2.31 bits per heavy atom. The molecule has 3 aromatic rings. The third kappa shape index (κ3) is 5.11. The number of ether oxygens (including phenoxy) is 4. The van der Waals surface area contributed by atoms with E-state index in [2.05, 4.69) is 15.0 Å². The van der Waals surface area contributed by atoms with Gasteiger partial charge in [-0.1, -0.05) is 24.3 Å². The lowest BCUT2D eigenvalue weighted by Crippen LogP contribution is -2.40. The van der Waals surface area contributed by atoms with Crippen LogP contribution in [0, 0.1) is 0 Å². The Labute approximate surface area is 205 Å². The number of carbonyl (C=O) groups excluding carboxylic acids is 3. The zero-order chi connectivity index (χ0) is 26.0. The van der Waals surface area contributed by atoms with E-state index < -0.39 is 42.4 Å². The van der Waals surface area contributed by atoms with E-state index in [4.69, 9.17) is 24.7 Å². The number of imidazole rings is 1. The van der Waals surface area contributed by atoms with Crippen LogP contribution in [0.5, 0.6) is 0 Å². The third-order valence-corrected chi connectivity index (χ3v) is 5.46. The van der Waals surface area contributed by atoms with Crippen molar-refractivity contribution in [2.45, 2.75) is 51.9 Å². The molecule has 3 heterocycles. The Morgan fingerprint density at radius 1 is 1.03 bits per heavy atom. The monoisotopic (exact) mass is 499 g/mol. The van der Waals surface area contributed by atoms with Crippen molar-refractivity contribution in [3.63, 3.8) is 0 Å². The summed E-state index contributed by atoms with van der Waals surface area (Å²) in [4.78, 5) is 48.2. The lowest BCUT2D eigenvalue weighted by atomic mass is 10.1. The predicted octanol–water partition coefficient (Wildman–Crippen LogP) is 0.892. The van der Waals surface area contributed by atoms with E-state index in [-0.39, 0.29) is 24.8 Å². The highest BCUT2D eigenvalue weighted by Crippen LogP contribution is 2.37. The molecular formula is C23H25N5O8. The molecule has 1 fully saturated rings. The highest BCUT2D eigenvalue weighted by molar-refractivity contribution is 5.88. The van der Waals surface area contributed by atoms with Crippen LogP contribution in [0.4, 0.5) is 5.95 Å². The van der Waals surface area contributed by atoms with Gasteiger partial charge in [-0.2, -0.15) is 4.98 Å². The fourth-order valence-electron chi connectivity index (χ4n) is 4.01. The van der Waals surface area contributed by atoms with Crippen molar-refractivity contribution >= 4 is 35.0 Å². The Kier molecular flexibility index (Phi) is 7.12. The van der Waals surface area contributed by atoms with E-state index in [1.54, 1.807) is 24.3 Å². The molecule has 0 radical (unpaired) electrons. The summed E-state index contributed by atoms with van der Waals surface area (Å²) < 4.78 is 23.5. The van der Waals surface area contributed by atoms with Gasteiger partial charge in [0.05, 0.1) is 12.9 Å². The molecule has 3 N–H and O–H groups in total. The molecule has 1 aliphatic rings.